The first kappa shape index (κ1) is 19.1. The molecular formula is C20H21F2NO4. The van der Waals surface area contributed by atoms with Crippen LogP contribution in [0.4, 0.5) is 8.78 Å². The Kier molecular flexibility index (Phi) is 6.24. The molecule has 1 saturated heterocycles. The van der Waals surface area contributed by atoms with E-state index in [4.69, 9.17) is 14.2 Å². The average molecular weight is 377 g/mol. The molecule has 0 aliphatic carbocycles. The van der Waals surface area contributed by atoms with Crippen molar-refractivity contribution < 1.29 is 27.8 Å². The smallest absolute Gasteiger partial charge is 0.257 e. The zero-order chi connectivity index (χ0) is 19.2. The molecular weight excluding hydrogens is 356 g/mol. The number of hydrogen-bond donors (Lipinski definition) is 1. The number of methoxy groups -OCH3 is 1. The number of carbonyl (C=O) groups is 1. The van der Waals surface area contributed by atoms with E-state index < -0.39 is 23.1 Å². The molecule has 0 aromatic heterocycles. The lowest BCUT2D eigenvalue weighted by molar-refractivity contribution is 0.0669. The van der Waals surface area contributed by atoms with Gasteiger partial charge in [0, 0.05) is 13.2 Å². The Morgan fingerprint density at radius 3 is 2.67 bits per heavy atom. The van der Waals surface area contributed by atoms with Crippen LogP contribution in [0.3, 0.4) is 0 Å². The van der Waals surface area contributed by atoms with Gasteiger partial charge in [-0.05, 0) is 42.7 Å². The topological polar surface area (TPSA) is 56.8 Å². The largest absolute Gasteiger partial charge is 0.493 e. The molecule has 5 nitrogen and oxygen atoms in total. The third-order valence-corrected chi connectivity index (χ3v) is 4.32. The van der Waals surface area contributed by atoms with E-state index in [1.165, 1.54) is 13.2 Å². The summed E-state index contributed by atoms with van der Waals surface area (Å²) in [5, 5.41) is 2.51. The number of amides is 1. The van der Waals surface area contributed by atoms with Crippen LogP contribution in [0.15, 0.2) is 36.4 Å². The zero-order valence-corrected chi connectivity index (χ0v) is 15.0. The maximum absolute atomic E-state index is 13.7. The summed E-state index contributed by atoms with van der Waals surface area (Å²) in [7, 11) is 1.52. The SMILES string of the molecule is COc1cc(CNC(=O)c2c(F)cccc2F)ccc1OCC1CCCO1. The van der Waals surface area contributed by atoms with Crippen molar-refractivity contribution in [2.45, 2.75) is 25.5 Å². The fourth-order valence-corrected chi connectivity index (χ4v) is 2.89. The number of rotatable bonds is 7. The van der Waals surface area contributed by atoms with Crippen LogP contribution in [0.1, 0.15) is 28.8 Å². The Labute approximate surface area is 156 Å². The molecule has 1 aliphatic heterocycles. The monoisotopic (exact) mass is 377 g/mol. The van der Waals surface area contributed by atoms with E-state index in [2.05, 4.69) is 5.32 Å². The van der Waals surface area contributed by atoms with Crippen molar-refractivity contribution in [3.05, 3.63) is 59.2 Å². The molecule has 0 spiro atoms. The summed E-state index contributed by atoms with van der Waals surface area (Å²) in [4.78, 5) is 12.1. The van der Waals surface area contributed by atoms with Crippen molar-refractivity contribution in [2.75, 3.05) is 20.3 Å². The first-order valence-electron chi connectivity index (χ1n) is 8.72. The molecule has 1 atom stereocenters. The molecule has 7 heteroatoms. The fraction of sp³-hybridized carbons (Fsp3) is 0.350. The van der Waals surface area contributed by atoms with Crippen molar-refractivity contribution >= 4 is 5.91 Å². The molecule has 1 N–H and O–H groups in total. The van der Waals surface area contributed by atoms with Crippen molar-refractivity contribution in [1.82, 2.24) is 5.32 Å². The van der Waals surface area contributed by atoms with Crippen LogP contribution in [-0.4, -0.2) is 32.3 Å². The molecule has 0 saturated carbocycles. The van der Waals surface area contributed by atoms with E-state index in [0.717, 1.165) is 31.6 Å². The Balaban J connectivity index is 1.62. The van der Waals surface area contributed by atoms with Gasteiger partial charge in [0.15, 0.2) is 11.5 Å². The molecule has 2 aromatic rings. The fourth-order valence-electron chi connectivity index (χ4n) is 2.89. The lowest BCUT2D eigenvalue weighted by Crippen LogP contribution is -2.25. The molecule has 1 aliphatic rings. The van der Waals surface area contributed by atoms with Crippen LogP contribution in [0.25, 0.3) is 0 Å². The van der Waals surface area contributed by atoms with Crippen LogP contribution >= 0.6 is 0 Å². The van der Waals surface area contributed by atoms with Gasteiger partial charge in [-0.2, -0.15) is 0 Å². The standard InChI is InChI=1S/C20H21F2NO4/c1-25-18-10-13(7-8-17(18)27-12-14-4-3-9-26-14)11-23-20(24)19-15(21)5-2-6-16(19)22/h2,5-8,10,14H,3-4,9,11-12H2,1H3,(H,23,24). The first-order chi connectivity index (χ1) is 13.1. The van der Waals surface area contributed by atoms with Crippen LogP contribution < -0.4 is 14.8 Å². The van der Waals surface area contributed by atoms with Gasteiger partial charge in [-0.1, -0.05) is 12.1 Å². The van der Waals surface area contributed by atoms with Crippen LogP contribution in [0.2, 0.25) is 0 Å². The summed E-state index contributed by atoms with van der Waals surface area (Å²) in [5.74, 6) is -1.53. The Morgan fingerprint density at radius 1 is 1.22 bits per heavy atom. The molecule has 1 unspecified atom stereocenters. The molecule has 1 amide bonds. The van der Waals surface area contributed by atoms with Gasteiger partial charge in [-0.25, -0.2) is 8.78 Å². The van der Waals surface area contributed by atoms with Crippen LogP contribution in [-0.2, 0) is 11.3 Å². The minimum absolute atomic E-state index is 0.0873. The second-order valence-electron chi connectivity index (χ2n) is 6.21. The molecule has 27 heavy (non-hydrogen) atoms. The maximum atomic E-state index is 13.7. The van der Waals surface area contributed by atoms with E-state index in [0.29, 0.717) is 23.7 Å². The summed E-state index contributed by atoms with van der Waals surface area (Å²) >= 11 is 0. The number of halogens is 2. The predicted molar refractivity (Wildman–Crippen MR) is 95.0 cm³/mol. The summed E-state index contributed by atoms with van der Waals surface area (Å²) in [6.07, 6.45) is 2.09. The lowest BCUT2D eigenvalue weighted by atomic mass is 10.1. The number of carbonyl (C=O) groups excluding carboxylic acids is 1. The molecule has 0 radical (unpaired) electrons. The second kappa shape index (κ2) is 8.81. The Hall–Kier alpha value is -2.67. The Morgan fingerprint density at radius 2 is 2.00 bits per heavy atom. The highest BCUT2D eigenvalue weighted by Gasteiger charge is 2.18. The Bertz CT molecular complexity index is 786. The predicted octanol–water partition coefficient (Wildman–Crippen LogP) is 3.46. The third kappa shape index (κ3) is 4.74. The minimum Gasteiger partial charge on any atom is -0.493 e. The number of ether oxygens (including phenoxy) is 3. The summed E-state index contributed by atoms with van der Waals surface area (Å²) < 4.78 is 43.9. The molecule has 1 heterocycles. The normalized spacial score (nSPS) is 16.2. The lowest BCUT2D eigenvalue weighted by Gasteiger charge is -2.15. The van der Waals surface area contributed by atoms with Gasteiger partial charge in [0.05, 0.1) is 13.2 Å². The van der Waals surface area contributed by atoms with Crippen LogP contribution in [0.5, 0.6) is 11.5 Å². The molecule has 144 valence electrons. The summed E-state index contributed by atoms with van der Waals surface area (Å²) in [5.41, 5.74) is 0.113. The van der Waals surface area contributed by atoms with Crippen LogP contribution in [0, 0.1) is 11.6 Å². The quantitative estimate of drug-likeness (QED) is 0.803. The molecule has 0 bridgehead atoms. The highest BCUT2D eigenvalue weighted by atomic mass is 19.1. The third-order valence-electron chi connectivity index (χ3n) is 4.32. The minimum atomic E-state index is -0.900. The summed E-state index contributed by atoms with van der Waals surface area (Å²) in [6, 6.07) is 8.50. The highest BCUT2D eigenvalue weighted by Crippen LogP contribution is 2.29. The average Bonchev–Trinajstić information content (AvgIpc) is 3.18. The van der Waals surface area contributed by atoms with Crippen molar-refractivity contribution in [3.8, 4) is 11.5 Å². The number of benzene rings is 2. The van der Waals surface area contributed by atoms with E-state index in [1.54, 1.807) is 18.2 Å². The van der Waals surface area contributed by atoms with E-state index in [-0.39, 0.29) is 12.6 Å². The van der Waals surface area contributed by atoms with Gasteiger partial charge in [-0.15, -0.1) is 0 Å². The molecule has 2 aromatic carbocycles. The summed E-state index contributed by atoms with van der Waals surface area (Å²) in [6.45, 7) is 1.29. The van der Waals surface area contributed by atoms with Gasteiger partial charge in [0.25, 0.3) is 5.91 Å². The van der Waals surface area contributed by atoms with E-state index in [9.17, 15) is 13.6 Å². The van der Waals surface area contributed by atoms with Crippen molar-refractivity contribution in [2.24, 2.45) is 0 Å². The van der Waals surface area contributed by atoms with Crippen molar-refractivity contribution in [1.29, 1.82) is 0 Å². The number of hydrogen-bond acceptors (Lipinski definition) is 4. The van der Waals surface area contributed by atoms with Gasteiger partial charge >= 0.3 is 0 Å². The first-order valence-corrected chi connectivity index (χ1v) is 8.72. The second-order valence-corrected chi connectivity index (χ2v) is 6.21. The van der Waals surface area contributed by atoms with Gasteiger partial charge in [0.1, 0.15) is 23.8 Å². The van der Waals surface area contributed by atoms with Gasteiger partial charge < -0.3 is 19.5 Å². The van der Waals surface area contributed by atoms with Crippen molar-refractivity contribution in [3.63, 3.8) is 0 Å². The van der Waals surface area contributed by atoms with E-state index >= 15 is 0 Å². The maximum Gasteiger partial charge on any atom is 0.257 e. The number of nitrogens with one attached hydrogen (secondary N) is 1. The molecule has 3 rings (SSSR count). The van der Waals surface area contributed by atoms with E-state index in [1.807, 2.05) is 0 Å². The van der Waals surface area contributed by atoms with Gasteiger partial charge in [0.2, 0.25) is 0 Å². The highest BCUT2D eigenvalue weighted by molar-refractivity contribution is 5.94. The molecule has 1 fully saturated rings. The van der Waals surface area contributed by atoms with Gasteiger partial charge in [-0.3, -0.25) is 4.79 Å². The zero-order valence-electron chi connectivity index (χ0n) is 15.0.